The van der Waals surface area contributed by atoms with Crippen LogP contribution in [0, 0.1) is 0 Å². The van der Waals surface area contributed by atoms with Crippen molar-refractivity contribution in [3.05, 3.63) is 64.7 Å². The van der Waals surface area contributed by atoms with Crippen LogP contribution >= 0.6 is 0 Å². The molecule has 0 aromatic heterocycles. The van der Waals surface area contributed by atoms with Crippen molar-refractivity contribution >= 4 is 30.8 Å². The summed E-state index contributed by atoms with van der Waals surface area (Å²) in [6.45, 7) is 1.40. The third-order valence-electron chi connectivity index (χ3n) is 5.14. The molecule has 2 aromatic carbocycles. The van der Waals surface area contributed by atoms with Crippen LogP contribution in [0.3, 0.4) is 0 Å². The SMILES string of the molecule is CCOC(=O)c1cccc2c1OB(O)[C@@H](NC(=O)CN1C(=O)c3ccccc3C1=O)C2. The molecule has 0 bridgehead atoms. The Kier molecular flexibility index (Phi) is 5.47. The summed E-state index contributed by atoms with van der Waals surface area (Å²) in [6, 6.07) is 11.3. The maximum atomic E-state index is 12.5. The molecule has 0 saturated heterocycles. The van der Waals surface area contributed by atoms with Crippen LogP contribution < -0.4 is 9.97 Å². The molecule has 2 aromatic rings. The molecule has 9 nitrogen and oxygen atoms in total. The first-order valence-corrected chi connectivity index (χ1v) is 9.79. The Hall–Kier alpha value is -3.66. The molecule has 31 heavy (non-hydrogen) atoms. The number of fused-ring (bicyclic) bond motifs is 2. The first-order valence-electron chi connectivity index (χ1n) is 9.79. The summed E-state index contributed by atoms with van der Waals surface area (Å²) in [5, 5.41) is 13.0. The van der Waals surface area contributed by atoms with E-state index >= 15 is 0 Å². The quantitative estimate of drug-likeness (QED) is 0.411. The first-order chi connectivity index (χ1) is 14.9. The number of amides is 3. The van der Waals surface area contributed by atoms with Gasteiger partial charge >= 0.3 is 13.1 Å². The summed E-state index contributed by atoms with van der Waals surface area (Å²) in [6.07, 6.45) is 0.192. The average molecular weight is 422 g/mol. The van der Waals surface area contributed by atoms with Crippen LogP contribution in [-0.4, -0.2) is 59.8 Å². The maximum absolute atomic E-state index is 12.5. The van der Waals surface area contributed by atoms with Crippen LogP contribution in [0.5, 0.6) is 5.75 Å². The molecule has 10 heteroatoms. The predicted octanol–water partition coefficient (Wildman–Crippen LogP) is 0.599. The van der Waals surface area contributed by atoms with E-state index in [1.165, 1.54) is 18.2 Å². The van der Waals surface area contributed by atoms with Gasteiger partial charge in [0, 0.05) is 0 Å². The van der Waals surface area contributed by atoms with Gasteiger partial charge in [-0.3, -0.25) is 19.3 Å². The summed E-state index contributed by atoms with van der Waals surface area (Å²) in [5.41, 5.74) is 1.31. The Morgan fingerprint density at radius 2 is 1.84 bits per heavy atom. The van der Waals surface area contributed by atoms with Crippen LogP contribution in [0.25, 0.3) is 0 Å². The highest BCUT2D eigenvalue weighted by atomic mass is 16.5. The topological polar surface area (TPSA) is 122 Å². The van der Waals surface area contributed by atoms with Gasteiger partial charge in [-0.05, 0) is 37.1 Å². The number of para-hydroxylation sites is 1. The van der Waals surface area contributed by atoms with E-state index in [4.69, 9.17) is 9.39 Å². The lowest BCUT2D eigenvalue weighted by molar-refractivity contribution is -0.121. The van der Waals surface area contributed by atoms with Crippen molar-refractivity contribution in [2.24, 2.45) is 0 Å². The molecule has 2 N–H and O–H groups in total. The molecule has 2 aliphatic rings. The molecule has 0 radical (unpaired) electrons. The fraction of sp³-hybridized carbons (Fsp3) is 0.238. The molecule has 1 atom stereocenters. The Morgan fingerprint density at radius 1 is 1.16 bits per heavy atom. The number of ether oxygens (including phenoxy) is 1. The minimum absolute atomic E-state index is 0.189. The van der Waals surface area contributed by atoms with Crippen LogP contribution in [-0.2, 0) is 16.0 Å². The summed E-state index contributed by atoms with van der Waals surface area (Å²) < 4.78 is 10.5. The Labute approximate surface area is 178 Å². The van der Waals surface area contributed by atoms with Crippen molar-refractivity contribution < 1.29 is 33.6 Å². The molecule has 0 saturated carbocycles. The van der Waals surface area contributed by atoms with Crippen molar-refractivity contribution in [1.29, 1.82) is 0 Å². The highest BCUT2D eigenvalue weighted by Gasteiger charge is 2.40. The number of nitrogens with zero attached hydrogens (tertiary/aromatic N) is 1. The standard InChI is InChI=1S/C21H19BN2O7/c1-2-30-21(28)15-9-5-6-12-10-16(22(29)31-18(12)15)23-17(25)11-24-19(26)13-7-3-4-8-14(13)20(24)27/h3-9,16,29H,2,10-11H2,1H3,(H,23,25)/t16-/m0/s1. The van der Waals surface area contributed by atoms with Gasteiger partial charge in [-0.1, -0.05) is 24.3 Å². The van der Waals surface area contributed by atoms with Gasteiger partial charge in [0.1, 0.15) is 17.9 Å². The number of hydrogen-bond acceptors (Lipinski definition) is 7. The zero-order chi connectivity index (χ0) is 22.1. The number of benzene rings is 2. The fourth-order valence-electron chi connectivity index (χ4n) is 3.70. The largest absolute Gasteiger partial charge is 0.547 e. The smallest absolute Gasteiger partial charge is 0.534 e. The molecule has 2 heterocycles. The number of imide groups is 1. The van der Waals surface area contributed by atoms with Gasteiger partial charge in [0.05, 0.1) is 23.7 Å². The summed E-state index contributed by atoms with van der Waals surface area (Å²) >= 11 is 0. The normalized spacial score (nSPS) is 17.0. The highest BCUT2D eigenvalue weighted by Crippen LogP contribution is 2.30. The minimum atomic E-state index is -1.42. The van der Waals surface area contributed by atoms with Gasteiger partial charge in [0.2, 0.25) is 5.91 Å². The second kappa shape index (κ2) is 8.23. The van der Waals surface area contributed by atoms with E-state index in [1.54, 1.807) is 31.2 Å². The lowest BCUT2D eigenvalue weighted by Gasteiger charge is -2.29. The molecule has 0 fully saturated rings. The maximum Gasteiger partial charge on any atom is 0.547 e. The zero-order valence-corrected chi connectivity index (χ0v) is 16.7. The van der Waals surface area contributed by atoms with Gasteiger partial charge in [0.25, 0.3) is 11.8 Å². The lowest BCUT2D eigenvalue weighted by atomic mass is 9.72. The molecular weight excluding hydrogens is 403 g/mol. The fourth-order valence-corrected chi connectivity index (χ4v) is 3.70. The number of carbonyl (C=O) groups is 4. The molecule has 4 rings (SSSR count). The lowest BCUT2D eigenvalue weighted by Crippen LogP contribution is -2.55. The van der Waals surface area contributed by atoms with Crippen molar-refractivity contribution in [2.75, 3.05) is 13.2 Å². The number of esters is 1. The van der Waals surface area contributed by atoms with E-state index in [9.17, 15) is 24.2 Å². The first kappa shape index (κ1) is 20.6. The highest BCUT2D eigenvalue weighted by molar-refractivity contribution is 6.47. The molecule has 0 aliphatic carbocycles. The number of nitrogens with one attached hydrogen (secondary N) is 1. The Morgan fingerprint density at radius 3 is 2.48 bits per heavy atom. The van der Waals surface area contributed by atoms with E-state index in [1.807, 2.05) is 0 Å². The molecule has 3 amide bonds. The molecule has 0 spiro atoms. The second-order valence-corrected chi connectivity index (χ2v) is 7.14. The van der Waals surface area contributed by atoms with E-state index in [2.05, 4.69) is 5.32 Å². The molecular formula is C21H19BN2O7. The van der Waals surface area contributed by atoms with Crippen LogP contribution in [0.1, 0.15) is 43.6 Å². The predicted molar refractivity (Wildman–Crippen MR) is 108 cm³/mol. The van der Waals surface area contributed by atoms with E-state index in [-0.39, 0.29) is 35.5 Å². The molecule has 0 unspecified atom stereocenters. The van der Waals surface area contributed by atoms with Crippen LogP contribution in [0.4, 0.5) is 0 Å². The van der Waals surface area contributed by atoms with Gasteiger partial charge in [0.15, 0.2) is 0 Å². The van der Waals surface area contributed by atoms with Crippen LogP contribution in [0.2, 0.25) is 0 Å². The number of hydrogen-bond donors (Lipinski definition) is 2. The van der Waals surface area contributed by atoms with Crippen molar-refractivity contribution in [1.82, 2.24) is 10.2 Å². The van der Waals surface area contributed by atoms with Gasteiger partial charge in [-0.15, -0.1) is 0 Å². The monoisotopic (exact) mass is 422 g/mol. The third kappa shape index (κ3) is 3.77. The Balaban J connectivity index is 1.45. The van der Waals surface area contributed by atoms with Gasteiger partial charge < -0.3 is 19.7 Å². The number of rotatable bonds is 5. The van der Waals surface area contributed by atoms with Gasteiger partial charge in [-0.2, -0.15) is 0 Å². The van der Waals surface area contributed by atoms with Crippen molar-refractivity contribution in [3.8, 4) is 5.75 Å². The van der Waals surface area contributed by atoms with E-state index in [0.717, 1.165) is 4.90 Å². The minimum Gasteiger partial charge on any atom is -0.534 e. The van der Waals surface area contributed by atoms with E-state index in [0.29, 0.717) is 5.56 Å². The average Bonchev–Trinajstić information content (AvgIpc) is 2.99. The van der Waals surface area contributed by atoms with Crippen molar-refractivity contribution in [2.45, 2.75) is 19.3 Å². The Bertz CT molecular complexity index is 1050. The third-order valence-corrected chi connectivity index (χ3v) is 5.14. The summed E-state index contributed by atoms with van der Waals surface area (Å²) in [5.74, 6) is -2.89. The molecule has 158 valence electrons. The van der Waals surface area contributed by atoms with E-state index < -0.39 is 43.3 Å². The van der Waals surface area contributed by atoms with Gasteiger partial charge in [-0.25, -0.2) is 4.79 Å². The second-order valence-electron chi connectivity index (χ2n) is 7.14. The van der Waals surface area contributed by atoms with Crippen LogP contribution in [0.15, 0.2) is 42.5 Å². The number of carbonyl (C=O) groups excluding carboxylic acids is 4. The summed E-state index contributed by atoms with van der Waals surface area (Å²) in [7, 11) is -1.42. The summed E-state index contributed by atoms with van der Waals surface area (Å²) in [4.78, 5) is 50.4. The van der Waals surface area contributed by atoms with Crippen molar-refractivity contribution in [3.63, 3.8) is 0 Å². The molecule has 2 aliphatic heterocycles. The zero-order valence-electron chi connectivity index (χ0n) is 16.7.